The fourth-order valence-electron chi connectivity index (χ4n) is 5.48. The van der Waals surface area contributed by atoms with Crippen LogP contribution in [0.15, 0.2) is 64.4 Å². The third-order valence-electron chi connectivity index (χ3n) is 7.65. The van der Waals surface area contributed by atoms with Crippen molar-refractivity contribution in [1.29, 1.82) is 0 Å². The molecule has 0 fully saturated rings. The molecule has 1 aromatic carbocycles. The lowest BCUT2D eigenvalue weighted by Crippen LogP contribution is -2.36. The summed E-state index contributed by atoms with van der Waals surface area (Å²) in [5.74, 6) is 0.465. The van der Waals surface area contributed by atoms with Crippen molar-refractivity contribution in [2.45, 2.75) is 65.8 Å². The number of imidazole rings is 1. The van der Waals surface area contributed by atoms with Gasteiger partial charge in [0.25, 0.3) is 0 Å². The minimum atomic E-state index is -0.282. The summed E-state index contributed by atoms with van der Waals surface area (Å²) >= 11 is 0. The molecule has 2 unspecified atom stereocenters. The summed E-state index contributed by atoms with van der Waals surface area (Å²) in [7, 11) is 0. The van der Waals surface area contributed by atoms with Crippen molar-refractivity contribution in [3.63, 3.8) is 0 Å². The van der Waals surface area contributed by atoms with Crippen molar-refractivity contribution < 1.29 is 9.53 Å². The number of hydrogen-bond donors (Lipinski definition) is 0. The van der Waals surface area contributed by atoms with Gasteiger partial charge in [-0.3, -0.25) is 14.8 Å². The molecule has 3 aliphatic rings. The van der Waals surface area contributed by atoms with Gasteiger partial charge in [0.2, 0.25) is 0 Å². The third-order valence-corrected chi connectivity index (χ3v) is 7.65. The van der Waals surface area contributed by atoms with Crippen LogP contribution in [-0.2, 0) is 22.5 Å². The van der Waals surface area contributed by atoms with Crippen LogP contribution in [0.4, 0.5) is 5.69 Å². The van der Waals surface area contributed by atoms with Gasteiger partial charge >= 0.3 is 5.97 Å². The average molecular weight is 497 g/mol. The van der Waals surface area contributed by atoms with Gasteiger partial charge in [0, 0.05) is 18.1 Å². The molecule has 5 rings (SSSR count). The van der Waals surface area contributed by atoms with E-state index in [9.17, 15) is 4.79 Å². The summed E-state index contributed by atoms with van der Waals surface area (Å²) in [5.41, 5.74) is 7.44. The van der Waals surface area contributed by atoms with E-state index in [1.54, 1.807) is 6.33 Å². The molecule has 6 heteroatoms. The standard InChI is InChI=1S/C31H36N4O2/c1-5-37-29(36)18-35-19-32-31-28(35)15-21(3)27(16-23-10-8-9-20(2)13-14-23)34-30(31)25-17-24-11-6-7-12-26(24)33-22(25)4/h6-7,10-12,15,19-20,25H,3,5,8-9,13-14,16-18H2,1-2,4H3. The lowest BCUT2D eigenvalue weighted by atomic mass is 9.88. The highest BCUT2D eigenvalue weighted by atomic mass is 16.5. The van der Waals surface area contributed by atoms with Gasteiger partial charge in [-0.05, 0) is 75.1 Å². The molecule has 0 spiro atoms. The van der Waals surface area contributed by atoms with Crippen LogP contribution in [0, 0.1) is 11.8 Å². The first-order valence-electron chi connectivity index (χ1n) is 13.4. The van der Waals surface area contributed by atoms with Crippen molar-refractivity contribution in [3.8, 4) is 0 Å². The number of ether oxygens (including phenoxy) is 1. The Morgan fingerprint density at radius 3 is 2.89 bits per heavy atom. The lowest BCUT2D eigenvalue weighted by Gasteiger charge is -2.23. The van der Waals surface area contributed by atoms with E-state index < -0.39 is 0 Å². The van der Waals surface area contributed by atoms with Gasteiger partial charge in [0.05, 0.1) is 35.4 Å². The number of aliphatic imine (C=N–C) groups is 2. The Morgan fingerprint density at radius 1 is 1.22 bits per heavy atom. The Bertz CT molecular complexity index is 1440. The number of nitrogens with zero attached hydrogens (tertiary/aromatic N) is 4. The van der Waals surface area contributed by atoms with Crippen molar-refractivity contribution in [1.82, 2.24) is 9.55 Å². The first-order chi connectivity index (χ1) is 17.9. The summed E-state index contributed by atoms with van der Waals surface area (Å²) in [6.07, 6.45) is 12.4. The van der Waals surface area contributed by atoms with E-state index in [-0.39, 0.29) is 18.4 Å². The Balaban J connectivity index is 1.60. The third kappa shape index (κ3) is 5.43. The molecule has 0 N–H and O–H groups in total. The Labute approximate surface area is 218 Å². The number of benzene rings is 1. The first kappa shape index (κ1) is 25.1. The fourth-order valence-corrected chi connectivity index (χ4v) is 5.48. The highest BCUT2D eigenvalue weighted by Crippen LogP contribution is 2.33. The minimum absolute atomic E-state index is 0.00275. The molecular weight excluding hydrogens is 460 g/mol. The highest BCUT2D eigenvalue weighted by molar-refractivity contribution is 6.10. The quantitative estimate of drug-likeness (QED) is 0.425. The second-order valence-electron chi connectivity index (χ2n) is 10.4. The van der Waals surface area contributed by atoms with Crippen molar-refractivity contribution in [2.75, 3.05) is 6.61 Å². The maximum Gasteiger partial charge on any atom is 0.325 e. The molecule has 2 atom stereocenters. The zero-order valence-corrected chi connectivity index (χ0v) is 22.2. The van der Waals surface area contributed by atoms with E-state index in [4.69, 9.17) is 19.7 Å². The molecular formula is C31H36N4O2. The molecule has 3 heterocycles. The van der Waals surface area contributed by atoms with Gasteiger partial charge in [0.15, 0.2) is 0 Å². The van der Waals surface area contributed by atoms with Gasteiger partial charge in [-0.1, -0.05) is 43.4 Å². The molecule has 1 aromatic heterocycles. The number of aromatic nitrogens is 2. The molecule has 0 saturated heterocycles. The lowest BCUT2D eigenvalue weighted by molar-refractivity contribution is -0.143. The number of rotatable bonds is 6. The molecule has 6 nitrogen and oxygen atoms in total. The number of carbonyl (C=O) groups excluding carboxylic acids is 1. The minimum Gasteiger partial charge on any atom is -0.465 e. The fraction of sp³-hybridized carbons (Fsp3) is 0.419. The van der Waals surface area contributed by atoms with E-state index in [0.717, 1.165) is 70.7 Å². The summed E-state index contributed by atoms with van der Waals surface area (Å²) in [6.45, 7) is 11.1. The number of carbonyl (C=O) groups is 1. The van der Waals surface area contributed by atoms with Crippen LogP contribution in [0.1, 0.15) is 58.4 Å². The normalized spacial score (nSPS) is 21.4. The van der Waals surface area contributed by atoms with Crippen molar-refractivity contribution >= 4 is 34.9 Å². The Hall–Kier alpha value is -3.54. The monoisotopic (exact) mass is 496 g/mol. The number of allylic oxidation sites excluding steroid dienone is 3. The van der Waals surface area contributed by atoms with E-state index in [0.29, 0.717) is 6.61 Å². The topological polar surface area (TPSA) is 68.8 Å². The maximum atomic E-state index is 12.4. The Kier molecular flexibility index (Phi) is 7.36. The highest BCUT2D eigenvalue weighted by Gasteiger charge is 2.27. The zero-order chi connectivity index (χ0) is 25.9. The Morgan fingerprint density at radius 2 is 2.05 bits per heavy atom. The van der Waals surface area contributed by atoms with E-state index >= 15 is 0 Å². The van der Waals surface area contributed by atoms with Crippen LogP contribution < -0.4 is 10.7 Å². The number of para-hydroxylation sites is 1. The van der Waals surface area contributed by atoms with Crippen LogP contribution in [0.3, 0.4) is 0 Å². The molecule has 2 aliphatic heterocycles. The molecule has 192 valence electrons. The molecule has 0 saturated carbocycles. The van der Waals surface area contributed by atoms with E-state index in [1.807, 2.05) is 23.6 Å². The van der Waals surface area contributed by atoms with Gasteiger partial charge in [-0.25, -0.2) is 4.98 Å². The largest absolute Gasteiger partial charge is 0.465 e. The predicted molar refractivity (Wildman–Crippen MR) is 149 cm³/mol. The predicted octanol–water partition coefficient (Wildman–Crippen LogP) is 4.84. The number of hydrogen-bond acceptors (Lipinski definition) is 5. The molecule has 2 aromatic rings. The summed E-state index contributed by atoms with van der Waals surface area (Å²) in [5, 5.41) is 1.64. The summed E-state index contributed by atoms with van der Waals surface area (Å²) in [6, 6.07) is 8.30. The first-order valence-corrected chi connectivity index (χ1v) is 13.4. The molecule has 37 heavy (non-hydrogen) atoms. The summed E-state index contributed by atoms with van der Waals surface area (Å²) in [4.78, 5) is 27.4. The van der Waals surface area contributed by atoms with Crippen LogP contribution in [0.5, 0.6) is 0 Å². The summed E-state index contributed by atoms with van der Waals surface area (Å²) < 4.78 is 7.07. The second-order valence-corrected chi connectivity index (χ2v) is 10.4. The van der Waals surface area contributed by atoms with Gasteiger partial charge < -0.3 is 9.30 Å². The van der Waals surface area contributed by atoms with Crippen molar-refractivity contribution in [2.24, 2.45) is 21.8 Å². The molecule has 0 radical (unpaired) electrons. The SMILES string of the molecule is C=C1C=c2c(ncn2CC(=O)OCC)=C(C2Cc3ccccc3N=C2C)N=C1CC1=CCCC(C)CC1. The van der Waals surface area contributed by atoms with Crippen LogP contribution in [0.2, 0.25) is 0 Å². The maximum absolute atomic E-state index is 12.4. The second kappa shape index (κ2) is 10.8. The smallest absolute Gasteiger partial charge is 0.325 e. The van der Waals surface area contributed by atoms with Gasteiger partial charge in [-0.2, -0.15) is 0 Å². The van der Waals surface area contributed by atoms with Gasteiger partial charge in [-0.15, -0.1) is 0 Å². The zero-order valence-electron chi connectivity index (χ0n) is 22.2. The average Bonchev–Trinajstić information content (AvgIpc) is 3.04. The molecule has 0 bridgehead atoms. The van der Waals surface area contributed by atoms with Crippen LogP contribution in [0.25, 0.3) is 11.8 Å². The molecule has 1 aliphatic carbocycles. The van der Waals surface area contributed by atoms with Gasteiger partial charge in [0.1, 0.15) is 11.9 Å². The number of fused-ring (bicyclic) bond motifs is 2. The van der Waals surface area contributed by atoms with Crippen molar-refractivity contribution in [3.05, 3.63) is 70.7 Å². The van der Waals surface area contributed by atoms with Crippen LogP contribution in [-0.4, -0.2) is 33.6 Å². The number of esters is 1. The van der Waals surface area contributed by atoms with E-state index in [2.05, 4.69) is 44.7 Å². The van der Waals surface area contributed by atoms with E-state index in [1.165, 1.54) is 24.0 Å². The molecule has 0 amide bonds. The van der Waals surface area contributed by atoms with Crippen LogP contribution >= 0.6 is 0 Å².